The quantitative estimate of drug-likeness (QED) is 0.481. The van der Waals surface area contributed by atoms with Gasteiger partial charge in [-0.2, -0.15) is 0 Å². The maximum Gasteiger partial charge on any atom is 0.274 e. The van der Waals surface area contributed by atoms with E-state index in [9.17, 15) is 23.3 Å². The maximum atomic E-state index is 12.9. The molecule has 166 valence electrons. The van der Waals surface area contributed by atoms with Crippen LogP contribution in [0.25, 0.3) is 0 Å². The standard InChI is InChI=1S/C22H27N3O5S/c1-17-20(9-6-10-21(17)25(27)28)24(31(2,29)30)16-22(26)23-13-11-19(12-14-23)15-18-7-4-3-5-8-18/h3-10,19H,11-16H2,1-2H3. The van der Waals surface area contributed by atoms with Crippen molar-refractivity contribution < 1.29 is 18.1 Å². The first kappa shape index (κ1) is 22.7. The van der Waals surface area contributed by atoms with E-state index in [0.29, 0.717) is 19.0 Å². The number of nitrogens with zero attached hydrogens (tertiary/aromatic N) is 3. The van der Waals surface area contributed by atoms with Gasteiger partial charge in [0, 0.05) is 19.2 Å². The van der Waals surface area contributed by atoms with Gasteiger partial charge in [-0.1, -0.05) is 36.4 Å². The van der Waals surface area contributed by atoms with Gasteiger partial charge < -0.3 is 4.90 Å². The van der Waals surface area contributed by atoms with Gasteiger partial charge in [0.2, 0.25) is 15.9 Å². The number of hydrogen-bond acceptors (Lipinski definition) is 5. The Morgan fingerprint density at radius 1 is 1.13 bits per heavy atom. The maximum absolute atomic E-state index is 12.9. The molecule has 8 nitrogen and oxygen atoms in total. The van der Waals surface area contributed by atoms with Crippen LogP contribution in [0, 0.1) is 23.0 Å². The molecule has 31 heavy (non-hydrogen) atoms. The van der Waals surface area contributed by atoms with E-state index in [-0.39, 0.29) is 29.4 Å². The average molecular weight is 446 g/mol. The predicted octanol–water partition coefficient (Wildman–Crippen LogP) is 3.15. The Hall–Kier alpha value is -2.94. The molecule has 0 atom stereocenters. The Kier molecular flexibility index (Phi) is 6.94. The van der Waals surface area contributed by atoms with Gasteiger partial charge >= 0.3 is 0 Å². The summed E-state index contributed by atoms with van der Waals surface area (Å²) in [5.41, 5.74) is 1.47. The van der Waals surface area contributed by atoms with Gasteiger partial charge in [-0.05, 0) is 43.7 Å². The smallest absolute Gasteiger partial charge is 0.274 e. The van der Waals surface area contributed by atoms with Crippen LogP contribution in [0.15, 0.2) is 48.5 Å². The Balaban J connectivity index is 1.69. The predicted molar refractivity (Wildman–Crippen MR) is 119 cm³/mol. The van der Waals surface area contributed by atoms with E-state index in [2.05, 4.69) is 12.1 Å². The fourth-order valence-electron chi connectivity index (χ4n) is 4.02. The van der Waals surface area contributed by atoms with Crippen molar-refractivity contribution in [2.24, 2.45) is 5.92 Å². The molecule has 3 rings (SSSR count). The molecule has 0 aromatic heterocycles. The Morgan fingerprint density at radius 2 is 1.77 bits per heavy atom. The lowest BCUT2D eigenvalue weighted by Crippen LogP contribution is -2.46. The summed E-state index contributed by atoms with van der Waals surface area (Å²) in [6.45, 7) is 2.26. The van der Waals surface area contributed by atoms with Crippen molar-refractivity contribution in [3.05, 3.63) is 69.8 Å². The van der Waals surface area contributed by atoms with Crippen LogP contribution in [0.4, 0.5) is 11.4 Å². The van der Waals surface area contributed by atoms with Gasteiger partial charge in [0.15, 0.2) is 0 Å². The van der Waals surface area contributed by atoms with Crippen molar-refractivity contribution in [2.45, 2.75) is 26.2 Å². The first-order valence-corrected chi connectivity index (χ1v) is 12.0. The van der Waals surface area contributed by atoms with Crippen LogP contribution in [0.2, 0.25) is 0 Å². The number of carbonyl (C=O) groups excluding carboxylic acids is 1. The highest BCUT2D eigenvalue weighted by molar-refractivity contribution is 7.92. The Labute approximate surface area is 182 Å². The number of carbonyl (C=O) groups is 1. The molecular formula is C22H27N3O5S. The zero-order chi connectivity index (χ0) is 22.6. The zero-order valence-corrected chi connectivity index (χ0v) is 18.5. The molecule has 1 aliphatic heterocycles. The Morgan fingerprint density at radius 3 is 2.35 bits per heavy atom. The number of amides is 1. The number of rotatable bonds is 7. The Bertz CT molecular complexity index is 1050. The van der Waals surface area contributed by atoms with E-state index in [0.717, 1.165) is 29.8 Å². The molecule has 2 aromatic rings. The van der Waals surface area contributed by atoms with Crippen molar-refractivity contribution in [3.63, 3.8) is 0 Å². The molecule has 9 heteroatoms. The summed E-state index contributed by atoms with van der Waals surface area (Å²) in [7, 11) is -3.80. The second-order valence-electron chi connectivity index (χ2n) is 7.96. The van der Waals surface area contributed by atoms with Gasteiger partial charge in [-0.25, -0.2) is 8.42 Å². The van der Waals surface area contributed by atoms with Crippen LogP contribution < -0.4 is 4.31 Å². The molecular weight excluding hydrogens is 418 g/mol. The topological polar surface area (TPSA) is 101 Å². The zero-order valence-electron chi connectivity index (χ0n) is 17.7. The number of nitro benzene ring substituents is 1. The molecule has 1 fully saturated rings. The first-order chi connectivity index (χ1) is 14.7. The molecule has 1 amide bonds. The third kappa shape index (κ3) is 5.61. The van der Waals surface area contributed by atoms with Crippen molar-refractivity contribution in [3.8, 4) is 0 Å². The summed E-state index contributed by atoms with van der Waals surface area (Å²) < 4.78 is 25.8. The summed E-state index contributed by atoms with van der Waals surface area (Å²) in [5, 5.41) is 11.2. The molecule has 1 heterocycles. The molecule has 0 bridgehead atoms. The highest BCUT2D eigenvalue weighted by Gasteiger charge is 2.29. The van der Waals surface area contributed by atoms with Gasteiger partial charge in [0.05, 0.1) is 22.4 Å². The van der Waals surface area contributed by atoms with Crippen LogP contribution >= 0.6 is 0 Å². The number of benzene rings is 2. The minimum absolute atomic E-state index is 0.156. The van der Waals surface area contributed by atoms with E-state index >= 15 is 0 Å². The fraction of sp³-hybridized carbons (Fsp3) is 0.409. The van der Waals surface area contributed by atoms with E-state index in [1.807, 2.05) is 18.2 Å². The van der Waals surface area contributed by atoms with Crippen molar-refractivity contribution in [1.29, 1.82) is 0 Å². The van der Waals surface area contributed by atoms with Crippen molar-refractivity contribution in [2.75, 3.05) is 30.2 Å². The van der Waals surface area contributed by atoms with Crippen LogP contribution in [-0.2, 0) is 21.2 Å². The molecule has 1 saturated heterocycles. The number of likely N-dealkylation sites (tertiary alicyclic amines) is 1. The summed E-state index contributed by atoms with van der Waals surface area (Å²) >= 11 is 0. The molecule has 2 aromatic carbocycles. The van der Waals surface area contributed by atoms with E-state index in [1.54, 1.807) is 4.90 Å². The number of hydrogen-bond donors (Lipinski definition) is 0. The summed E-state index contributed by atoms with van der Waals surface area (Å²) in [4.78, 5) is 25.3. The molecule has 0 spiro atoms. The van der Waals surface area contributed by atoms with Crippen molar-refractivity contribution >= 4 is 27.3 Å². The molecule has 0 radical (unpaired) electrons. The van der Waals surface area contributed by atoms with E-state index in [4.69, 9.17) is 0 Å². The van der Waals surface area contributed by atoms with Crippen molar-refractivity contribution in [1.82, 2.24) is 4.90 Å². The van der Waals surface area contributed by atoms with Crippen LogP contribution in [0.3, 0.4) is 0 Å². The SMILES string of the molecule is Cc1c(N(CC(=O)N2CCC(Cc3ccccc3)CC2)S(C)(=O)=O)cccc1[N+](=O)[O-]. The highest BCUT2D eigenvalue weighted by Crippen LogP contribution is 2.30. The summed E-state index contributed by atoms with van der Waals surface area (Å²) in [5.74, 6) is 0.186. The average Bonchev–Trinajstić information content (AvgIpc) is 2.72. The normalized spacial score (nSPS) is 15.0. The van der Waals surface area contributed by atoms with Gasteiger partial charge in [0.1, 0.15) is 6.54 Å². The first-order valence-electron chi connectivity index (χ1n) is 10.2. The monoisotopic (exact) mass is 445 g/mol. The number of piperidine rings is 1. The van der Waals surface area contributed by atoms with Gasteiger partial charge in [0.25, 0.3) is 5.69 Å². The summed E-state index contributed by atoms with van der Waals surface area (Å²) in [6, 6.07) is 14.5. The second-order valence-corrected chi connectivity index (χ2v) is 9.87. The van der Waals surface area contributed by atoms with E-state index in [1.165, 1.54) is 30.7 Å². The lowest BCUT2D eigenvalue weighted by atomic mass is 9.90. The number of sulfonamides is 1. The molecule has 0 N–H and O–H groups in total. The summed E-state index contributed by atoms with van der Waals surface area (Å²) in [6.07, 6.45) is 3.68. The number of nitro groups is 1. The largest absolute Gasteiger partial charge is 0.341 e. The molecule has 0 aliphatic carbocycles. The molecule has 0 saturated carbocycles. The minimum Gasteiger partial charge on any atom is -0.341 e. The van der Waals surface area contributed by atoms with E-state index < -0.39 is 14.9 Å². The molecule has 0 unspecified atom stereocenters. The van der Waals surface area contributed by atoms with Gasteiger partial charge in [-0.3, -0.25) is 19.2 Å². The third-order valence-electron chi connectivity index (χ3n) is 5.76. The van der Waals surface area contributed by atoms with Crippen LogP contribution in [0.5, 0.6) is 0 Å². The van der Waals surface area contributed by atoms with Crippen LogP contribution in [-0.4, -0.2) is 50.0 Å². The lowest BCUT2D eigenvalue weighted by molar-refractivity contribution is -0.385. The second kappa shape index (κ2) is 9.47. The lowest BCUT2D eigenvalue weighted by Gasteiger charge is -2.34. The minimum atomic E-state index is -3.80. The highest BCUT2D eigenvalue weighted by atomic mass is 32.2. The fourth-order valence-corrected chi connectivity index (χ4v) is 4.92. The molecule has 1 aliphatic rings. The van der Waals surface area contributed by atoms with Gasteiger partial charge in [-0.15, -0.1) is 0 Å². The number of anilines is 1. The van der Waals surface area contributed by atoms with Crippen LogP contribution in [0.1, 0.15) is 24.0 Å². The third-order valence-corrected chi connectivity index (χ3v) is 6.88.